The van der Waals surface area contributed by atoms with E-state index in [0.717, 1.165) is 17.0 Å². The van der Waals surface area contributed by atoms with Crippen molar-refractivity contribution >= 4 is 11.9 Å². The van der Waals surface area contributed by atoms with Crippen LogP contribution < -0.4 is 4.74 Å². The van der Waals surface area contributed by atoms with E-state index < -0.39 is 0 Å². The van der Waals surface area contributed by atoms with E-state index in [1.54, 1.807) is 7.11 Å². The third kappa shape index (κ3) is 6.26. The molecule has 3 rings (SSSR count). The second kappa shape index (κ2) is 9.76. The first-order valence-electron chi connectivity index (χ1n) is 6.45. The van der Waals surface area contributed by atoms with Crippen molar-refractivity contribution in [3.8, 4) is 5.75 Å². The van der Waals surface area contributed by atoms with Crippen LogP contribution in [0.15, 0.2) is 83.9 Å². The molecule has 0 fully saturated rings. The average Bonchev–Trinajstić information content (AvgIpc) is 3.21. The fraction of sp³-hybridized carbons (Fsp3) is 0.0556. The maximum absolute atomic E-state index is 5.07. The molecule has 2 nitrogen and oxygen atoms in total. The Labute approximate surface area is 136 Å². The summed E-state index contributed by atoms with van der Waals surface area (Å²) in [5.41, 5.74) is 2.04. The molecule has 0 aliphatic heterocycles. The van der Waals surface area contributed by atoms with Crippen LogP contribution in [0, 0.1) is 0 Å². The molecule has 3 aromatic rings. The maximum Gasteiger partial charge on any atom is 0.119 e. The summed E-state index contributed by atoms with van der Waals surface area (Å²) < 4.78 is 5.07. The second-order valence-electron chi connectivity index (χ2n) is 4.14. The number of hydrogen-bond acceptors (Lipinski definition) is 2. The van der Waals surface area contributed by atoms with Gasteiger partial charge in [0.15, 0.2) is 0 Å². The van der Waals surface area contributed by atoms with Crippen molar-refractivity contribution in [3.63, 3.8) is 0 Å². The van der Waals surface area contributed by atoms with Gasteiger partial charge in [0.1, 0.15) is 5.75 Å². The zero-order valence-electron chi connectivity index (χ0n) is 11.8. The Balaban J connectivity index is 0.000000313. The topological polar surface area (TPSA) is 21.6 Å². The molecular formula is C18H17FeNO-2. The maximum atomic E-state index is 5.07. The van der Waals surface area contributed by atoms with Crippen LogP contribution >= 0.6 is 0 Å². The molecular weight excluding hydrogens is 302 g/mol. The summed E-state index contributed by atoms with van der Waals surface area (Å²) >= 11 is 0. The average molecular weight is 319 g/mol. The number of hydrogen-bond donors (Lipinski definition) is 0. The van der Waals surface area contributed by atoms with E-state index in [-0.39, 0.29) is 17.1 Å². The van der Waals surface area contributed by atoms with Crippen molar-refractivity contribution in [1.29, 1.82) is 0 Å². The SMILES string of the molecule is COc1ccc(N=C[c-]2cccc2)cc1.[Fe].c1cc[cH-]c1. The van der Waals surface area contributed by atoms with E-state index in [1.165, 1.54) is 0 Å². The zero-order chi connectivity index (χ0) is 14.0. The van der Waals surface area contributed by atoms with Crippen LogP contribution in [-0.2, 0) is 17.1 Å². The van der Waals surface area contributed by atoms with E-state index in [2.05, 4.69) is 4.99 Å². The van der Waals surface area contributed by atoms with Gasteiger partial charge in [-0.2, -0.15) is 30.3 Å². The minimum absolute atomic E-state index is 0. The first-order chi connectivity index (χ1) is 9.88. The molecule has 3 heteroatoms. The fourth-order valence-corrected chi connectivity index (χ4v) is 1.61. The van der Waals surface area contributed by atoms with Crippen molar-refractivity contribution in [2.24, 2.45) is 4.99 Å². The van der Waals surface area contributed by atoms with Gasteiger partial charge in [0.25, 0.3) is 0 Å². The Kier molecular flexibility index (Phi) is 7.88. The summed E-state index contributed by atoms with van der Waals surface area (Å²) in [4.78, 5) is 4.34. The van der Waals surface area contributed by atoms with Gasteiger partial charge in [-0.15, -0.1) is 5.56 Å². The minimum Gasteiger partial charge on any atom is -0.497 e. The van der Waals surface area contributed by atoms with Gasteiger partial charge < -0.3 is 4.74 Å². The van der Waals surface area contributed by atoms with Crippen molar-refractivity contribution in [1.82, 2.24) is 0 Å². The molecule has 0 saturated heterocycles. The van der Waals surface area contributed by atoms with Crippen molar-refractivity contribution < 1.29 is 21.8 Å². The smallest absolute Gasteiger partial charge is 0.119 e. The second-order valence-corrected chi connectivity index (χ2v) is 4.14. The van der Waals surface area contributed by atoms with Gasteiger partial charge in [0.2, 0.25) is 0 Å². The van der Waals surface area contributed by atoms with Crippen LogP contribution in [0.2, 0.25) is 0 Å². The number of nitrogens with zero attached hydrogens (tertiary/aromatic N) is 1. The Morgan fingerprint density at radius 1 is 1.00 bits per heavy atom. The Morgan fingerprint density at radius 2 is 1.62 bits per heavy atom. The molecule has 3 aromatic carbocycles. The molecule has 0 radical (unpaired) electrons. The van der Waals surface area contributed by atoms with E-state index in [4.69, 9.17) is 4.74 Å². The number of rotatable bonds is 3. The van der Waals surface area contributed by atoms with Gasteiger partial charge in [-0.1, -0.05) is 0 Å². The quantitative estimate of drug-likeness (QED) is 0.394. The van der Waals surface area contributed by atoms with Gasteiger partial charge in [-0.05, 0) is 30.5 Å². The number of ether oxygens (including phenoxy) is 1. The number of aliphatic imine (C=N–C) groups is 1. The van der Waals surface area contributed by atoms with Gasteiger partial charge in [0, 0.05) is 17.1 Å². The summed E-state index contributed by atoms with van der Waals surface area (Å²) in [5.74, 6) is 0.849. The Hall–Kier alpha value is -2.09. The Bertz CT molecular complexity index is 578. The number of benzene rings is 1. The Morgan fingerprint density at radius 3 is 2.10 bits per heavy atom. The molecule has 0 aromatic heterocycles. The molecule has 110 valence electrons. The summed E-state index contributed by atoms with van der Waals surface area (Å²) in [7, 11) is 1.66. The standard InChI is InChI=1S/C13H12NO.C5H5.Fe/c1-15-13-8-6-12(7-9-13)14-10-11-4-2-3-5-11;1-2-4-5-3-1;/h2-10H,1H3;1-5H;/q2*-1;. The molecule has 0 N–H and O–H groups in total. The van der Waals surface area contributed by atoms with Gasteiger partial charge in [-0.3, -0.25) is 4.99 Å². The van der Waals surface area contributed by atoms with Gasteiger partial charge >= 0.3 is 0 Å². The van der Waals surface area contributed by atoms with E-state index in [9.17, 15) is 0 Å². The van der Waals surface area contributed by atoms with Gasteiger partial charge in [0.05, 0.1) is 12.8 Å². The van der Waals surface area contributed by atoms with Crippen LogP contribution in [-0.4, -0.2) is 13.3 Å². The fourth-order valence-electron chi connectivity index (χ4n) is 1.61. The summed E-state index contributed by atoms with van der Waals surface area (Å²) in [5, 5.41) is 0. The molecule has 21 heavy (non-hydrogen) atoms. The predicted octanol–water partition coefficient (Wildman–Crippen LogP) is 4.57. The number of methoxy groups -OCH3 is 1. The van der Waals surface area contributed by atoms with Crippen LogP contribution in [0.1, 0.15) is 5.56 Å². The minimum atomic E-state index is 0. The predicted molar refractivity (Wildman–Crippen MR) is 84.3 cm³/mol. The summed E-state index contributed by atoms with van der Waals surface area (Å²) in [6, 6.07) is 25.7. The van der Waals surface area contributed by atoms with Crippen LogP contribution in [0.4, 0.5) is 5.69 Å². The van der Waals surface area contributed by atoms with Crippen molar-refractivity contribution in [2.75, 3.05) is 7.11 Å². The van der Waals surface area contributed by atoms with Crippen LogP contribution in [0.5, 0.6) is 5.75 Å². The molecule has 0 unspecified atom stereocenters. The molecule has 0 bridgehead atoms. The van der Waals surface area contributed by atoms with E-state index >= 15 is 0 Å². The van der Waals surface area contributed by atoms with Gasteiger partial charge in [-0.25, -0.2) is 24.3 Å². The monoisotopic (exact) mass is 319 g/mol. The van der Waals surface area contributed by atoms with Crippen molar-refractivity contribution in [3.05, 3.63) is 84.4 Å². The third-order valence-electron chi connectivity index (χ3n) is 2.68. The molecule has 0 heterocycles. The van der Waals surface area contributed by atoms with Crippen LogP contribution in [0.3, 0.4) is 0 Å². The summed E-state index contributed by atoms with van der Waals surface area (Å²) in [6.45, 7) is 0. The van der Waals surface area contributed by atoms with Crippen molar-refractivity contribution in [2.45, 2.75) is 0 Å². The first kappa shape index (κ1) is 17.0. The molecule has 0 aliphatic rings. The molecule has 0 spiro atoms. The largest absolute Gasteiger partial charge is 0.497 e. The van der Waals surface area contributed by atoms with E-state index in [1.807, 2.05) is 85.1 Å². The molecule has 0 amide bonds. The van der Waals surface area contributed by atoms with E-state index in [0.29, 0.717) is 0 Å². The third-order valence-corrected chi connectivity index (χ3v) is 2.68. The molecule has 0 saturated carbocycles. The van der Waals surface area contributed by atoms with Crippen LogP contribution in [0.25, 0.3) is 0 Å². The zero-order valence-corrected chi connectivity index (χ0v) is 12.9. The normalized spacial score (nSPS) is 9.57. The molecule has 0 aliphatic carbocycles. The first-order valence-corrected chi connectivity index (χ1v) is 6.45. The molecule has 0 atom stereocenters. The summed E-state index contributed by atoms with van der Waals surface area (Å²) in [6.07, 6.45) is 1.85.